The maximum absolute atomic E-state index is 13.5. The smallest absolute Gasteiger partial charge is 0.161 e. The van der Waals surface area contributed by atoms with E-state index in [2.05, 4.69) is 25.9 Å². The van der Waals surface area contributed by atoms with E-state index in [4.69, 9.17) is 11.6 Å². The average Bonchev–Trinajstić information content (AvgIpc) is 3.15. The lowest BCUT2D eigenvalue weighted by Gasteiger charge is -2.08. The number of halogens is 3. The number of benzene rings is 1. The molecule has 0 aliphatic heterocycles. The van der Waals surface area contributed by atoms with Crippen LogP contribution in [0, 0.1) is 12.7 Å². The number of aromatic nitrogens is 2. The highest BCUT2D eigenvalue weighted by Gasteiger charge is 2.29. The Hall–Kier alpha value is -1.00. The minimum absolute atomic E-state index is 0.286. The first-order valence-corrected chi connectivity index (χ1v) is 7.22. The number of hydrogen-bond acceptors (Lipinski definition) is 2. The first kappa shape index (κ1) is 13.0. The minimum atomic E-state index is -0.286. The Kier molecular flexibility index (Phi) is 3.31. The van der Waals surface area contributed by atoms with Crippen LogP contribution in [0.3, 0.4) is 0 Å². The normalized spacial score (nSPS) is 14.7. The van der Waals surface area contributed by atoms with Gasteiger partial charge in [0, 0.05) is 11.5 Å². The molecule has 2 aromatic rings. The Morgan fingerprint density at radius 3 is 2.63 bits per heavy atom. The van der Waals surface area contributed by atoms with Crippen molar-refractivity contribution in [3.8, 4) is 11.4 Å². The number of rotatable bonds is 2. The number of hydrogen-bond donors (Lipinski definition) is 0. The standard InChI is InChI=1S/C14H11BrClFN2/c1-7-4-9(6-10(17)5-7)14-18-12(8-2-3-8)11(15)13(16)19-14/h4-6,8H,2-3H2,1H3. The van der Waals surface area contributed by atoms with Gasteiger partial charge < -0.3 is 0 Å². The van der Waals surface area contributed by atoms with Gasteiger partial charge in [-0.1, -0.05) is 11.6 Å². The number of aryl methyl sites for hydroxylation is 1. The third-order valence-corrected chi connectivity index (χ3v) is 4.38. The minimum Gasteiger partial charge on any atom is -0.231 e. The third kappa shape index (κ3) is 2.65. The van der Waals surface area contributed by atoms with Crippen LogP contribution in [0.4, 0.5) is 4.39 Å². The van der Waals surface area contributed by atoms with Crippen LogP contribution in [0.15, 0.2) is 22.7 Å². The van der Waals surface area contributed by atoms with Crippen molar-refractivity contribution in [1.29, 1.82) is 0 Å². The van der Waals surface area contributed by atoms with Crippen LogP contribution in [-0.2, 0) is 0 Å². The zero-order chi connectivity index (χ0) is 13.6. The maximum atomic E-state index is 13.5. The molecule has 1 saturated carbocycles. The molecule has 98 valence electrons. The van der Waals surface area contributed by atoms with E-state index < -0.39 is 0 Å². The zero-order valence-corrected chi connectivity index (χ0v) is 12.6. The molecule has 0 radical (unpaired) electrons. The number of nitrogens with zero attached hydrogens (tertiary/aromatic N) is 2. The summed E-state index contributed by atoms with van der Waals surface area (Å²) in [7, 11) is 0. The molecule has 0 atom stereocenters. The van der Waals surface area contributed by atoms with Crippen LogP contribution in [0.5, 0.6) is 0 Å². The highest BCUT2D eigenvalue weighted by molar-refractivity contribution is 9.10. The van der Waals surface area contributed by atoms with Crippen molar-refractivity contribution in [2.75, 3.05) is 0 Å². The van der Waals surface area contributed by atoms with Gasteiger partial charge in [0.2, 0.25) is 0 Å². The van der Waals surface area contributed by atoms with Gasteiger partial charge in [-0.05, 0) is 59.5 Å². The Balaban J connectivity index is 2.14. The van der Waals surface area contributed by atoms with Gasteiger partial charge in [0.1, 0.15) is 11.0 Å². The largest absolute Gasteiger partial charge is 0.231 e. The fourth-order valence-electron chi connectivity index (χ4n) is 2.06. The van der Waals surface area contributed by atoms with Crippen molar-refractivity contribution in [1.82, 2.24) is 9.97 Å². The monoisotopic (exact) mass is 340 g/mol. The first-order chi connectivity index (χ1) is 9.04. The Morgan fingerprint density at radius 2 is 2.00 bits per heavy atom. The summed E-state index contributed by atoms with van der Waals surface area (Å²) >= 11 is 9.55. The summed E-state index contributed by atoms with van der Waals surface area (Å²) in [6.45, 7) is 1.84. The van der Waals surface area contributed by atoms with Gasteiger partial charge in [0.05, 0.1) is 10.2 Å². The van der Waals surface area contributed by atoms with Gasteiger partial charge >= 0.3 is 0 Å². The van der Waals surface area contributed by atoms with Crippen molar-refractivity contribution in [2.24, 2.45) is 0 Å². The van der Waals surface area contributed by atoms with E-state index in [1.807, 2.05) is 13.0 Å². The lowest BCUT2D eigenvalue weighted by Crippen LogP contribution is -1.98. The van der Waals surface area contributed by atoms with Crippen molar-refractivity contribution in [3.63, 3.8) is 0 Å². The molecule has 0 amide bonds. The third-order valence-electron chi connectivity index (χ3n) is 3.10. The Morgan fingerprint density at radius 1 is 1.26 bits per heavy atom. The van der Waals surface area contributed by atoms with Crippen molar-refractivity contribution >= 4 is 27.5 Å². The molecular formula is C14H11BrClFN2. The lowest BCUT2D eigenvalue weighted by atomic mass is 10.1. The molecule has 1 heterocycles. The summed E-state index contributed by atoms with van der Waals surface area (Å²) < 4.78 is 14.2. The fourth-order valence-corrected chi connectivity index (χ4v) is 2.74. The van der Waals surface area contributed by atoms with E-state index in [0.717, 1.165) is 28.6 Å². The van der Waals surface area contributed by atoms with Crippen LogP contribution in [0.1, 0.15) is 30.0 Å². The predicted octanol–water partition coefficient (Wildman–Crippen LogP) is 4.88. The summed E-state index contributed by atoms with van der Waals surface area (Å²) in [5.41, 5.74) is 2.43. The van der Waals surface area contributed by atoms with E-state index in [1.165, 1.54) is 12.1 Å². The van der Waals surface area contributed by atoms with Gasteiger partial charge in [-0.15, -0.1) is 0 Å². The van der Waals surface area contributed by atoms with Gasteiger partial charge in [0.25, 0.3) is 0 Å². The summed E-state index contributed by atoms with van der Waals surface area (Å²) in [5.74, 6) is 0.645. The van der Waals surface area contributed by atoms with E-state index >= 15 is 0 Å². The Bertz CT molecular complexity index is 636. The highest BCUT2D eigenvalue weighted by Crippen LogP contribution is 2.44. The van der Waals surface area contributed by atoms with E-state index in [-0.39, 0.29) is 5.82 Å². The van der Waals surface area contributed by atoms with Crippen LogP contribution < -0.4 is 0 Å². The van der Waals surface area contributed by atoms with Crippen LogP contribution >= 0.6 is 27.5 Å². The molecule has 19 heavy (non-hydrogen) atoms. The van der Waals surface area contributed by atoms with Gasteiger partial charge in [-0.25, -0.2) is 14.4 Å². The second kappa shape index (κ2) is 4.84. The quantitative estimate of drug-likeness (QED) is 0.727. The van der Waals surface area contributed by atoms with Gasteiger partial charge in [-0.2, -0.15) is 0 Å². The summed E-state index contributed by atoms with van der Waals surface area (Å²) in [6.07, 6.45) is 2.24. The van der Waals surface area contributed by atoms with E-state index in [9.17, 15) is 4.39 Å². The molecule has 0 saturated heterocycles. The molecule has 3 rings (SSSR count). The molecule has 0 N–H and O–H groups in total. The summed E-state index contributed by atoms with van der Waals surface area (Å²) in [6, 6.07) is 4.77. The maximum Gasteiger partial charge on any atom is 0.161 e. The topological polar surface area (TPSA) is 25.8 Å². The van der Waals surface area contributed by atoms with Crippen LogP contribution in [0.25, 0.3) is 11.4 Å². The molecule has 2 nitrogen and oxygen atoms in total. The molecule has 1 fully saturated rings. The van der Waals surface area contributed by atoms with Crippen molar-refractivity contribution in [3.05, 3.63) is 44.9 Å². The first-order valence-electron chi connectivity index (χ1n) is 6.05. The van der Waals surface area contributed by atoms with Crippen LogP contribution in [0.2, 0.25) is 5.15 Å². The summed E-state index contributed by atoms with van der Waals surface area (Å²) in [5, 5.41) is 0.383. The van der Waals surface area contributed by atoms with E-state index in [0.29, 0.717) is 22.5 Å². The lowest BCUT2D eigenvalue weighted by molar-refractivity contribution is 0.627. The molecule has 0 bridgehead atoms. The second-order valence-electron chi connectivity index (χ2n) is 4.83. The van der Waals surface area contributed by atoms with Crippen molar-refractivity contribution < 1.29 is 4.39 Å². The molecule has 1 aliphatic rings. The van der Waals surface area contributed by atoms with Crippen LogP contribution in [-0.4, -0.2) is 9.97 Å². The summed E-state index contributed by atoms with van der Waals surface area (Å²) in [4.78, 5) is 8.78. The predicted molar refractivity (Wildman–Crippen MR) is 76.8 cm³/mol. The fraction of sp³-hybridized carbons (Fsp3) is 0.286. The molecule has 1 aromatic heterocycles. The average molecular weight is 342 g/mol. The van der Waals surface area contributed by atoms with E-state index in [1.54, 1.807) is 0 Å². The Labute approximate surface area is 124 Å². The van der Waals surface area contributed by atoms with Crippen molar-refractivity contribution in [2.45, 2.75) is 25.7 Å². The molecular weight excluding hydrogens is 331 g/mol. The molecule has 1 aromatic carbocycles. The molecule has 0 unspecified atom stereocenters. The van der Waals surface area contributed by atoms with Gasteiger partial charge in [-0.3, -0.25) is 0 Å². The second-order valence-corrected chi connectivity index (χ2v) is 5.98. The molecule has 1 aliphatic carbocycles. The highest BCUT2D eigenvalue weighted by atomic mass is 79.9. The molecule has 5 heteroatoms. The molecule has 0 spiro atoms. The SMILES string of the molecule is Cc1cc(F)cc(-c2nc(Cl)c(Br)c(C3CC3)n2)c1. The zero-order valence-electron chi connectivity index (χ0n) is 10.3. The van der Waals surface area contributed by atoms with Gasteiger partial charge in [0.15, 0.2) is 5.82 Å².